The Morgan fingerprint density at radius 2 is 1.50 bits per heavy atom. The number of aryl methyl sites for hydroxylation is 1. The van der Waals surface area contributed by atoms with Gasteiger partial charge in [-0.25, -0.2) is 0 Å². The summed E-state index contributed by atoms with van der Waals surface area (Å²) in [6.07, 6.45) is 0. The molecule has 18 heavy (non-hydrogen) atoms. The number of benzene rings is 2. The fourth-order valence-corrected chi connectivity index (χ4v) is 2.49. The summed E-state index contributed by atoms with van der Waals surface area (Å²) in [5.74, 6) is 1.53. The van der Waals surface area contributed by atoms with Gasteiger partial charge in [0.15, 0.2) is 11.5 Å². The molecule has 3 heteroatoms. The van der Waals surface area contributed by atoms with E-state index in [4.69, 9.17) is 9.47 Å². The van der Waals surface area contributed by atoms with Crippen LogP contribution in [0.25, 0.3) is 21.8 Å². The molecule has 0 bridgehead atoms. The molecular weight excluding hydrogens is 226 g/mol. The van der Waals surface area contributed by atoms with Crippen LogP contribution in [-0.4, -0.2) is 18.8 Å². The van der Waals surface area contributed by atoms with E-state index in [-0.39, 0.29) is 0 Å². The summed E-state index contributed by atoms with van der Waals surface area (Å²) >= 11 is 0. The molecule has 0 aliphatic heterocycles. The van der Waals surface area contributed by atoms with Crippen LogP contribution in [0, 0.1) is 0 Å². The quantitative estimate of drug-likeness (QED) is 0.687. The summed E-state index contributed by atoms with van der Waals surface area (Å²) in [6, 6.07) is 12.4. The van der Waals surface area contributed by atoms with Gasteiger partial charge < -0.3 is 14.0 Å². The lowest BCUT2D eigenvalue weighted by atomic mass is 10.1. The van der Waals surface area contributed by atoms with Gasteiger partial charge in [-0.3, -0.25) is 0 Å². The summed E-state index contributed by atoms with van der Waals surface area (Å²) in [7, 11) is 5.39. The molecule has 0 aliphatic rings. The predicted octanol–water partition coefficient (Wildman–Crippen LogP) is 3.35. The maximum absolute atomic E-state index is 5.37. The zero-order valence-electron chi connectivity index (χ0n) is 10.7. The van der Waals surface area contributed by atoms with Gasteiger partial charge in [0.25, 0.3) is 0 Å². The van der Waals surface area contributed by atoms with Crippen LogP contribution in [0.1, 0.15) is 0 Å². The molecule has 3 nitrogen and oxygen atoms in total. The molecule has 92 valence electrons. The molecule has 0 fully saturated rings. The minimum absolute atomic E-state index is 0.760. The molecule has 0 spiro atoms. The van der Waals surface area contributed by atoms with Crippen molar-refractivity contribution < 1.29 is 9.47 Å². The number of rotatable bonds is 2. The van der Waals surface area contributed by atoms with Crippen molar-refractivity contribution >= 4 is 21.8 Å². The number of ether oxygens (including phenoxy) is 2. The Hall–Kier alpha value is -2.16. The first-order valence-corrected chi connectivity index (χ1v) is 5.85. The van der Waals surface area contributed by atoms with E-state index in [1.54, 1.807) is 14.2 Å². The van der Waals surface area contributed by atoms with Crippen molar-refractivity contribution in [3.63, 3.8) is 0 Å². The van der Waals surface area contributed by atoms with E-state index in [1.165, 1.54) is 16.3 Å². The molecule has 0 radical (unpaired) electrons. The third-order valence-corrected chi connectivity index (χ3v) is 3.42. The van der Waals surface area contributed by atoms with Gasteiger partial charge in [0.1, 0.15) is 0 Å². The summed E-state index contributed by atoms with van der Waals surface area (Å²) in [6.45, 7) is 0. The van der Waals surface area contributed by atoms with Gasteiger partial charge >= 0.3 is 0 Å². The Morgan fingerprint density at radius 1 is 0.833 bits per heavy atom. The molecule has 2 aromatic carbocycles. The van der Waals surface area contributed by atoms with E-state index < -0.39 is 0 Å². The average molecular weight is 241 g/mol. The Labute approximate surface area is 106 Å². The van der Waals surface area contributed by atoms with Crippen molar-refractivity contribution in [2.24, 2.45) is 7.05 Å². The predicted molar refractivity (Wildman–Crippen MR) is 73.5 cm³/mol. The number of hydrogen-bond donors (Lipinski definition) is 0. The first-order chi connectivity index (χ1) is 8.76. The zero-order chi connectivity index (χ0) is 12.7. The highest BCUT2D eigenvalue weighted by molar-refractivity contribution is 6.09. The Morgan fingerprint density at radius 3 is 2.22 bits per heavy atom. The summed E-state index contributed by atoms with van der Waals surface area (Å²) in [5, 5.41) is 2.42. The van der Waals surface area contributed by atoms with Crippen LogP contribution in [0.3, 0.4) is 0 Å². The summed E-state index contributed by atoms with van der Waals surface area (Å²) < 4.78 is 12.9. The summed E-state index contributed by atoms with van der Waals surface area (Å²) in [5.41, 5.74) is 2.36. The molecule has 3 rings (SSSR count). The van der Waals surface area contributed by atoms with E-state index in [1.807, 2.05) is 12.1 Å². The number of aromatic nitrogens is 1. The number of para-hydroxylation sites is 1. The second-order valence-electron chi connectivity index (χ2n) is 4.30. The Kier molecular flexibility index (Phi) is 2.40. The minimum atomic E-state index is 0.760. The SMILES string of the molecule is COc1cc2c3ccccc3n(C)c2cc1OC. The third-order valence-electron chi connectivity index (χ3n) is 3.42. The zero-order valence-corrected chi connectivity index (χ0v) is 10.7. The Balaban J connectivity index is 2.48. The molecule has 0 saturated heterocycles. The number of methoxy groups -OCH3 is 2. The first-order valence-electron chi connectivity index (χ1n) is 5.85. The Bertz CT molecular complexity index is 728. The van der Waals surface area contributed by atoms with Crippen molar-refractivity contribution in [3.8, 4) is 11.5 Å². The van der Waals surface area contributed by atoms with Gasteiger partial charge in [0.2, 0.25) is 0 Å². The van der Waals surface area contributed by atoms with Gasteiger partial charge in [-0.15, -0.1) is 0 Å². The number of nitrogens with zero attached hydrogens (tertiary/aromatic N) is 1. The largest absolute Gasteiger partial charge is 0.493 e. The van der Waals surface area contributed by atoms with E-state index >= 15 is 0 Å². The van der Waals surface area contributed by atoms with E-state index in [9.17, 15) is 0 Å². The standard InChI is InChI=1S/C15H15NO2/c1-16-12-7-5-4-6-10(12)11-8-14(17-2)15(18-3)9-13(11)16/h4-9H,1-3H3. The smallest absolute Gasteiger partial charge is 0.162 e. The summed E-state index contributed by atoms with van der Waals surface area (Å²) in [4.78, 5) is 0. The normalized spacial score (nSPS) is 11.1. The molecule has 0 amide bonds. The van der Waals surface area contributed by atoms with E-state index in [0.29, 0.717) is 0 Å². The lowest BCUT2D eigenvalue weighted by molar-refractivity contribution is 0.356. The van der Waals surface area contributed by atoms with Crippen molar-refractivity contribution in [1.29, 1.82) is 0 Å². The van der Waals surface area contributed by atoms with Crippen LogP contribution >= 0.6 is 0 Å². The number of hydrogen-bond acceptors (Lipinski definition) is 2. The maximum atomic E-state index is 5.37. The molecule has 0 unspecified atom stereocenters. The lowest BCUT2D eigenvalue weighted by Crippen LogP contribution is -1.92. The fraction of sp³-hybridized carbons (Fsp3) is 0.200. The van der Waals surface area contributed by atoms with Gasteiger partial charge in [-0.1, -0.05) is 18.2 Å². The molecule has 1 heterocycles. The fourth-order valence-electron chi connectivity index (χ4n) is 2.49. The first kappa shape index (κ1) is 11.0. The second-order valence-corrected chi connectivity index (χ2v) is 4.30. The van der Waals surface area contributed by atoms with E-state index in [0.717, 1.165) is 17.0 Å². The molecular formula is C15H15NO2. The molecule has 0 N–H and O–H groups in total. The van der Waals surface area contributed by atoms with Gasteiger partial charge in [0.05, 0.1) is 19.7 Å². The maximum Gasteiger partial charge on any atom is 0.162 e. The molecule has 3 aromatic rings. The third kappa shape index (κ3) is 1.37. The van der Waals surface area contributed by atoms with Crippen LogP contribution in [-0.2, 0) is 7.05 Å². The minimum Gasteiger partial charge on any atom is -0.493 e. The lowest BCUT2D eigenvalue weighted by Gasteiger charge is -2.08. The molecule has 0 saturated carbocycles. The average Bonchev–Trinajstić information content (AvgIpc) is 2.71. The van der Waals surface area contributed by atoms with Crippen molar-refractivity contribution in [1.82, 2.24) is 4.57 Å². The van der Waals surface area contributed by atoms with Gasteiger partial charge in [-0.2, -0.15) is 0 Å². The van der Waals surface area contributed by atoms with Crippen LogP contribution in [0.15, 0.2) is 36.4 Å². The highest BCUT2D eigenvalue weighted by Gasteiger charge is 2.12. The van der Waals surface area contributed by atoms with Crippen LogP contribution in [0.5, 0.6) is 11.5 Å². The molecule has 0 aliphatic carbocycles. The van der Waals surface area contributed by atoms with Gasteiger partial charge in [0, 0.05) is 29.4 Å². The monoisotopic (exact) mass is 241 g/mol. The van der Waals surface area contributed by atoms with Gasteiger partial charge in [-0.05, 0) is 12.1 Å². The van der Waals surface area contributed by atoms with Crippen LogP contribution < -0.4 is 9.47 Å². The molecule has 0 atom stereocenters. The second kappa shape index (κ2) is 3.95. The highest BCUT2D eigenvalue weighted by Crippen LogP contribution is 2.36. The van der Waals surface area contributed by atoms with Crippen molar-refractivity contribution in [3.05, 3.63) is 36.4 Å². The van der Waals surface area contributed by atoms with Crippen molar-refractivity contribution in [2.75, 3.05) is 14.2 Å². The highest BCUT2D eigenvalue weighted by atomic mass is 16.5. The van der Waals surface area contributed by atoms with Crippen LogP contribution in [0.4, 0.5) is 0 Å². The van der Waals surface area contributed by atoms with Crippen molar-refractivity contribution in [2.45, 2.75) is 0 Å². The topological polar surface area (TPSA) is 23.4 Å². The van der Waals surface area contributed by atoms with Crippen LogP contribution in [0.2, 0.25) is 0 Å². The van der Waals surface area contributed by atoms with E-state index in [2.05, 4.69) is 35.9 Å². The molecule has 1 aromatic heterocycles. The number of fused-ring (bicyclic) bond motifs is 3.